The molecular weight excluding hydrogens is 274 g/mol. The summed E-state index contributed by atoms with van der Waals surface area (Å²) in [6.07, 6.45) is 7.92. The van der Waals surface area contributed by atoms with E-state index in [0.717, 1.165) is 37.4 Å². The maximum absolute atomic E-state index is 13.1. The molecule has 2 fully saturated rings. The second-order valence-corrected chi connectivity index (χ2v) is 7.32. The fourth-order valence-corrected chi connectivity index (χ4v) is 5.06. The van der Waals surface area contributed by atoms with Crippen LogP contribution in [0.25, 0.3) is 0 Å². The molecule has 5 rings (SSSR count). The molecule has 0 N–H and O–H groups in total. The quantitative estimate of drug-likeness (QED) is 0.854. The maximum Gasteiger partial charge on any atom is 0.347 e. The third kappa shape index (κ3) is 1.58. The van der Waals surface area contributed by atoms with Gasteiger partial charge in [0, 0.05) is 6.42 Å². The van der Waals surface area contributed by atoms with Crippen molar-refractivity contribution in [2.45, 2.75) is 56.5 Å². The van der Waals surface area contributed by atoms with Gasteiger partial charge in [0.25, 0.3) is 0 Å². The van der Waals surface area contributed by atoms with Gasteiger partial charge >= 0.3 is 5.69 Å². The van der Waals surface area contributed by atoms with Gasteiger partial charge in [-0.3, -0.25) is 4.57 Å². The van der Waals surface area contributed by atoms with Crippen LogP contribution in [0.4, 0.5) is 0 Å². The van der Waals surface area contributed by atoms with E-state index in [1.807, 2.05) is 15.3 Å². The first-order chi connectivity index (χ1) is 10.8. The molecule has 2 aromatic rings. The minimum Gasteiger partial charge on any atom is -0.271 e. The van der Waals surface area contributed by atoms with E-state index in [0.29, 0.717) is 0 Å². The van der Waals surface area contributed by atoms with Gasteiger partial charge < -0.3 is 0 Å². The molecule has 1 aliphatic heterocycles. The van der Waals surface area contributed by atoms with Crippen LogP contribution in [0.15, 0.2) is 35.1 Å². The zero-order valence-corrected chi connectivity index (χ0v) is 12.7. The first-order valence-corrected chi connectivity index (χ1v) is 8.53. The minimum absolute atomic E-state index is 0.0420. The number of fused-ring (bicyclic) bond motifs is 3. The van der Waals surface area contributed by atoms with E-state index >= 15 is 0 Å². The summed E-state index contributed by atoms with van der Waals surface area (Å²) in [6.45, 7) is 0. The Labute approximate surface area is 129 Å². The van der Waals surface area contributed by atoms with Crippen molar-refractivity contribution >= 4 is 0 Å². The van der Waals surface area contributed by atoms with Crippen LogP contribution in [-0.2, 0) is 12.0 Å². The first kappa shape index (κ1) is 12.7. The minimum atomic E-state index is 0.0420. The molecule has 4 nitrogen and oxygen atoms in total. The van der Waals surface area contributed by atoms with Crippen molar-refractivity contribution in [1.29, 1.82) is 0 Å². The molecule has 2 bridgehead atoms. The van der Waals surface area contributed by atoms with Crippen LogP contribution in [0, 0.1) is 5.92 Å². The molecule has 0 radical (unpaired) electrons. The van der Waals surface area contributed by atoms with Crippen molar-refractivity contribution in [3.63, 3.8) is 0 Å². The molecule has 1 atom stereocenters. The molecule has 22 heavy (non-hydrogen) atoms. The van der Waals surface area contributed by atoms with Gasteiger partial charge in [-0.25, -0.2) is 9.48 Å². The molecule has 0 saturated heterocycles. The Morgan fingerprint density at radius 1 is 1.09 bits per heavy atom. The number of hydrogen-bond donors (Lipinski definition) is 0. The lowest BCUT2D eigenvalue weighted by atomic mass is 9.94. The molecular formula is C18H21N3O. The predicted octanol–water partition coefficient (Wildman–Crippen LogP) is 2.87. The van der Waals surface area contributed by atoms with Crippen molar-refractivity contribution in [2.75, 3.05) is 0 Å². The largest absolute Gasteiger partial charge is 0.347 e. The van der Waals surface area contributed by atoms with Gasteiger partial charge in [0.1, 0.15) is 5.82 Å². The predicted molar refractivity (Wildman–Crippen MR) is 83.9 cm³/mol. The molecule has 114 valence electrons. The number of nitrogens with zero attached hydrogens (tertiary/aromatic N) is 3. The standard InChI is InChI=1S/C18H21N3O/c22-17-20-15(14-4-2-1-3-5-14)6-7-16(20)19-21(17)18-10-8-13(12-18)9-11-18/h1-5,13,15H,6-12H2/t13?,15-,18?/m0/s1. The second-order valence-electron chi connectivity index (χ2n) is 7.32. The molecule has 2 saturated carbocycles. The van der Waals surface area contributed by atoms with Crippen LogP contribution < -0.4 is 5.69 Å². The van der Waals surface area contributed by atoms with Gasteiger partial charge in [-0.1, -0.05) is 30.3 Å². The highest BCUT2D eigenvalue weighted by molar-refractivity contribution is 5.23. The van der Waals surface area contributed by atoms with Crippen LogP contribution in [-0.4, -0.2) is 14.3 Å². The van der Waals surface area contributed by atoms with Crippen molar-refractivity contribution in [2.24, 2.45) is 5.92 Å². The van der Waals surface area contributed by atoms with Gasteiger partial charge in [-0.05, 0) is 50.0 Å². The Hall–Kier alpha value is -1.84. The van der Waals surface area contributed by atoms with E-state index < -0.39 is 0 Å². The highest BCUT2D eigenvalue weighted by Crippen LogP contribution is 2.51. The highest BCUT2D eigenvalue weighted by Gasteiger charge is 2.49. The number of rotatable bonds is 2. The number of aromatic nitrogens is 3. The fourth-order valence-electron chi connectivity index (χ4n) is 5.06. The molecule has 1 aromatic heterocycles. The molecule has 2 heterocycles. The zero-order valence-electron chi connectivity index (χ0n) is 12.7. The van der Waals surface area contributed by atoms with Crippen LogP contribution in [0.1, 0.15) is 56.0 Å². The van der Waals surface area contributed by atoms with E-state index in [4.69, 9.17) is 5.10 Å². The second kappa shape index (κ2) is 4.34. The lowest BCUT2D eigenvalue weighted by molar-refractivity contribution is 0.250. The molecule has 2 aliphatic carbocycles. The molecule has 3 aliphatic rings. The summed E-state index contributed by atoms with van der Waals surface area (Å²) in [7, 11) is 0. The van der Waals surface area contributed by atoms with E-state index in [1.54, 1.807) is 0 Å². The number of hydrogen-bond acceptors (Lipinski definition) is 2. The van der Waals surface area contributed by atoms with Crippen molar-refractivity contribution in [3.05, 3.63) is 52.2 Å². The summed E-state index contributed by atoms with van der Waals surface area (Å²) < 4.78 is 3.85. The average molecular weight is 295 g/mol. The van der Waals surface area contributed by atoms with Gasteiger partial charge in [0.2, 0.25) is 0 Å². The SMILES string of the molecule is O=c1n(C23CCC(CC2)C3)nc2n1[C@H](c1ccccc1)CC2. The Kier molecular flexibility index (Phi) is 2.50. The smallest absolute Gasteiger partial charge is 0.271 e. The lowest BCUT2D eigenvalue weighted by Gasteiger charge is -2.26. The van der Waals surface area contributed by atoms with Crippen LogP contribution in [0.5, 0.6) is 0 Å². The summed E-state index contributed by atoms with van der Waals surface area (Å²) in [5.41, 5.74) is 1.40. The Morgan fingerprint density at radius 3 is 2.55 bits per heavy atom. The molecule has 0 amide bonds. The van der Waals surface area contributed by atoms with Crippen LogP contribution >= 0.6 is 0 Å². The van der Waals surface area contributed by atoms with Crippen LogP contribution in [0.2, 0.25) is 0 Å². The number of benzene rings is 1. The monoisotopic (exact) mass is 295 g/mol. The van der Waals surface area contributed by atoms with Gasteiger partial charge in [-0.2, -0.15) is 5.10 Å². The number of aryl methyl sites for hydroxylation is 1. The van der Waals surface area contributed by atoms with Crippen molar-refractivity contribution in [1.82, 2.24) is 14.3 Å². The Morgan fingerprint density at radius 2 is 1.86 bits per heavy atom. The third-order valence-electron chi connectivity index (χ3n) is 6.17. The molecule has 0 spiro atoms. The van der Waals surface area contributed by atoms with E-state index in [1.165, 1.54) is 24.8 Å². The van der Waals surface area contributed by atoms with Gasteiger partial charge in [0.15, 0.2) is 0 Å². The maximum atomic E-state index is 13.1. The molecule has 1 aromatic carbocycles. The topological polar surface area (TPSA) is 39.8 Å². The normalized spacial score (nSPS) is 32.5. The summed E-state index contributed by atoms with van der Waals surface area (Å²) in [5, 5.41) is 4.78. The highest BCUT2D eigenvalue weighted by atomic mass is 16.2. The molecule has 0 unspecified atom stereocenters. The van der Waals surface area contributed by atoms with E-state index in [2.05, 4.69) is 24.3 Å². The lowest BCUT2D eigenvalue weighted by Crippen LogP contribution is -2.40. The van der Waals surface area contributed by atoms with E-state index in [9.17, 15) is 4.79 Å². The van der Waals surface area contributed by atoms with Gasteiger partial charge in [0.05, 0.1) is 11.6 Å². The van der Waals surface area contributed by atoms with Crippen LogP contribution in [0.3, 0.4) is 0 Å². The first-order valence-electron chi connectivity index (χ1n) is 8.53. The average Bonchev–Trinajstić information content (AvgIpc) is 3.30. The summed E-state index contributed by atoms with van der Waals surface area (Å²) >= 11 is 0. The van der Waals surface area contributed by atoms with Gasteiger partial charge in [-0.15, -0.1) is 0 Å². The zero-order chi connectivity index (χ0) is 14.7. The van der Waals surface area contributed by atoms with E-state index in [-0.39, 0.29) is 17.3 Å². The molecule has 4 heteroatoms. The summed E-state index contributed by atoms with van der Waals surface area (Å²) in [5.74, 6) is 1.82. The van der Waals surface area contributed by atoms with Crippen molar-refractivity contribution < 1.29 is 0 Å². The Balaban J connectivity index is 1.61. The van der Waals surface area contributed by atoms with Crippen molar-refractivity contribution in [3.8, 4) is 0 Å². The third-order valence-corrected chi connectivity index (χ3v) is 6.17. The summed E-state index contributed by atoms with van der Waals surface area (Å²) in [4.78, 5) is 13.1. The fraction of sp³-hybridized carbons (Fsp3) is 0.556. The summed E-state index contributed by atoms with van der Waals surface area (Å²) in [6, 6.07) is 10.6. The Bertz CT molecular complexity index is 765.